The Balaban J connectivity index is 2.27. The van der Waals surface area contributed by atoms with Crippen molar-refractivity contribution in [2.45, 2.75) is 4.71 Å². The molecular weight excluding hydrogens is 138 g/mol. The fraction of sp³-hybridized carbons (Fsp3) is 0.600. The molecule has 0 saturated heterocycles. The van der Waals surface area contributed by atoms with Crippen LogP contribution in [0.1, 0.15) is 0 Å². The van der Waals surface area contributed by atoms with Crippen molar-refractivity contribution in [3.05, 3.63) is 11.5 Å². The Labute approximate surface area is 58.3 Å². The van der Waals surface area contributed by atoms with E-state index in [9.17, 15) is 0 Å². The Morgan fingerprint density at radius 1 is 1.88 bits per heavy atom. The van der Waals surface area contributed by atoms with Crippen LogP contribution in [0.2, 0.25) is 0 Å². The summed E-state index contributed by atoms with van der Waals surface area (Å²) in [6.07, 6.45) is 4.25. The molecule has 8 heavy (non-hydrogen) atoms. The molecule has 0 aromatic heterocycles. The van der Waals surface area contributed by atoms with Crippen LogP contribution in [0.15, 0.2) is 11.5 Å². The second-order valence-corrected chi connectivity index (χ2v) is 3.74. The van der Waals surface area contributed by atoms with Crippen LogP contribution in [0.4, 0.5) is 0 Å². The lowest BCUT2D eigenvalue weighted by molar-refractivity contribution is 0.851. The Hall–Kier alpha value is 0.400. The van der Waals surface area contributed by atoms with Gasteiger partial charge in [0.2, 0.25) is 0 Å². The van der Waals surface area contributed by atoms with Gasteiger partial charge in [-0.3, -0.25) is 5.32 Å². The van der Waals surface area contributed by atoms with E-state index >= 15 is 0 Å². The molecule has 1 aliphatic heterocycles. The average Bonchev–Trinajstić information content (AvgIpc) is 1.90. The Morgan fingerprint density at radius 2 is 2.75 bits per heavy atom. The predicted octanol–water partition coefficient (Wildman–Crippen LogP) is 1.48. The summed E-state index contributed by atoms with van der Waals surface area (Å²) in [6, 6.07) is 0. The van der Waals surface area contributed by atoms with Gasteiger partial charge in [-0.05, 0) is 11.7 Å². The van der Waals surface area contributed by atoms with Crippen molar-refractivity contribution < 1.29 is 0 Å². The van der Waals surface area contributed by atoms with Crippen molar-refractivity contribution in [3.8, 4) is 0 Å². The second kappa shape index (κ2) is 3.43. The molecule has 3 heteroatoms. The van der Waals surface area contributed by atoms with Gasteiger partial charge in [0.15, 0.2) is 0 Å². The van der Waals surface area contributed by atoms with E-state index in [4.69, 9.17) is 0 Å². The SMILES string of the molecule is CSC1NCC=CS1. The third-order valence-corrected chi connectivity index (χ3v) is 3.18. The lowest BCUT2D eigenvalue weighted by Gasteiger charge is -2.15. The molecule has 1 nitrogen and oxygen atoms in total. The maximum Gasteiger partial charge on any atom is 0.104 e. The Morgan fingerprint density at radius 3 is 3.12 bits per heavy atom. The lowest BCUT2D eigenvalue weighted by Crippen LogP contribution is -2.24. The van der Waals surface area contributed by atoms with Crippen LogP contribution in [0.5, 0.6) is 0 Å². The highest BCUT2D eigenvalue weighted by molar-refractivity contribution is 8.18. The van der Waals surface area contributed by atoms with Crippen LogP contribution in [-0.2, 0) is 0 Å². The van der Waals surface area contributed by atoms with Gasteiger partial charge < -0.3 is 0 Å². The quantitative estimate of drug-likeness (QED) is 0.603. The molecule has 0 bridgehead atoms. The number of thioether (sulfide) groups is 2. The third kappa shape index (κ3) is 1.73. The average molecular weight is 147 g/mol. The molecule has 1 atom stereocenters. The molecule has 0 aromatic rings. The van der Waals surface area contributed by atoms with Gasteiger partial charge in [0.1, 0.15) is 4.71 Å². The van der Waals surface area contributed by atoms with Crippen molar-refractivity contribution in [1.82, 2.24) is 5.32 Å². The van der Waals surface area contributed by atoms with Crippen molar-refractivity contribution >= 4 is 23.5 Å². The third-order valence-electron chi connectivity index (χ3n) is 0.915. The van der Waals surface area contributed by atoms with E-state index < -0.39 is 0 Å². The summed E-state index contributed by atoms with van der Waals surface area (Å²) >= 11 is 3.68. The van der Waals surface area contributed by atoms with Gasteiger partial charge in [-0.1, -0.05) is 6.08 Å². The molecule has 1 rings (SSSR count). The topological polar surface area (TPSA) is 12.0 Å². The largest absolute Gasteiger partial charge is 0.293 e. The van der Waals surface area contributed by atoms with Gasteiger partial charge in [0.25, 0.3) is 0 Å². The number of hydrogen-bond donors (Lipinski definition) is 1. The van der Waals surface area contributed by atoms with Gasteiger partial charge in [-0.15, -0.1) is 23.5 Å². The molecule has 0 amide bonds. The second-order valence-electron chi connectivity index (χ2n) is 1.48. The van der Waals surface area contributed by atoms with E-state index in [1.807, 2.05) is 23.5 Å². The molecule has 0 aromatic carbocycles. The molecular formula is C5H9NS2. The van der Waals surface area contributed by atoms with E-state index in [0.29, 0.717) is 4.71 Å². The first-order valence-electron chi connectivity index (χ1n) is 2.50. The van der Waals surface area contributed by atoms with Crippen molar-refractivity contribution in [2.24, 2.45) is 0 Å². The van der Waals surface area contributed by atoms with E-state index in [1.165, 1.54) is 0 Å². The van der Waals surface area contributed by atoms with Gasteiger partial charge in [0, 0.05) is 6.54 Å². The fourth-order valence-electron chi connectivity index (χ4n) is 0.526. The van der Waals surface area contributed by atoms with Gasteiger partial charge in [-0.25, -0.2) is 0 Å². The molecule has 0 saturated carbocycles. The number of rotatable bonds is 1. The monoisotopic (exact) mass is 147 g/mol. The Bertz CT molecular complexity index is 92.4. The van der Waals surface area contributed by atoms with E-state index in [0.717, 1.165) is 6.54 Å². The number of hydrogen-bond acceptors (Lipinski definition) is 3. The minimum absolute atomic E-state index is 0.583. The van der Waals surface area contributed by atoms with Crippen LogP contribution in [0.3, 0.4) is 0 Å². The molecule has 1 unspecified atom stereocenters. The molecule has 1 N–H and O–H groups in total. The molecule has 0 fully saturated rings. The van der Waals surface area contributed by atoms with Crippen LogP contribution in [-0.4, -0.2) is 17.5 Å². The zero-order valence-electron chi connectivity index (χ0n) is 4.76. The first-order chi connectivity index (χ1) is 3.93. The van der Waals surface area contributed by atoms with E-state index in [2.05, 4.69) is 23.1 Å². The predicted molar refractivity (Wildman–Crippen MR) is 42.0 cm³/mol. The van der Waals surface area contributed by atoms with Gasteiger partial charge in [-0.2, -0.15) is 0 Å². The van der Waals surface area contributed by atoms with Gasteiger partial charge >= 0.3 is 0 Å². The van der Waals surface area contributed by atoms with E-state index in [-0.39, 0.29) is 0 Å². The van der Waals surface area contributed by atoms with Crippen LogP contribution in [0.25, 0.3) is 0 Å². The maximum atomic E-state index is 3.31. The minimum atomic E-state index is 0.583. The molecule has 1 aliphatic rings. The lowest BCUT2D eigenvalue weighted by atomic mass is 10.6. The highest BCUT2D eigenvalue weighted by atomic mass is 32.2. The van der Waals surface area contributed by atoms with Crippen LogP contribution >= 0.6 is 23.5 Å². The highest BCUT2D eigenvalue weighted by Crippen LogP contribution is 2.21. The van der Waals surface area contributed by atoms with Crippen LogP contribution < -0.4 is 5.32 Å². The minimum Gasteiger partial charge on any atom is -0.293 e. The first kappa shape index (κ1) is 6.52. The summed E-state index contributed by atoms with van der Waals surface area (Å²) in [4.78, 5) is 0. The fourth-order valence-corrected chi connectivity index (χ4v) is 1.97. The molecule has 0 spiro atoms. The molecule has 0 aliphatic carbocycles. The van der Waals surface area contributed by atoms with Crippen molar-refractivity contribution in [3.63, 3.8) is 0 Å². The van der Waals surface area contributed by atoms with Crippen molar-refractivity contribution in [2.75, 3.05) is 12.8 Å². The smallest absolute Gasteiger partial charge is 0.104 e. The Kier molecular flexibility index (Phi) is 2.80. The molecule has 1 heterocycles. The number of nitrogens with one attached hydrogen (secondary N) is 1. The van der Waals surface area contributed by atoms with E-state index in [1.54, 1.807) is 0 Å². The molecule has 0 radical (unpaired) electrons. The summed E-state index contributed by atoms with van der Waals surface area (Å²) in [6.45, 7) is 1.03. The summed E-state index contributed by atoms with van der Waals surface area (Å²) in [5, 5.41) is 5.46. The summed E-state index contributed by atoms with van der Waals surface area (Å²) in [5.74, 6) is 0. The maximum absolute atomic E-state index is 3.31. The molecule has 46 valence electrons. The van der Waals surface area contributed by atoms with Gasteiger partial charge in [0.05, 0.1) is 0 Å². The first-order valence-corrected chi connectivity index (χ1v) is 4.73. The summed E-state index contributed by atoms with van der Waals surface area (Å²) < 4.78 is 0.583. The van der Waals surface area contributed by atoms with Crippen molar-refractivity contribution in [1.29, 1.82) is 0 Å². The van der Waals surface area contributed by atoms with Crippen LogP contribution in [0, 0.1) is 0 Å². The zero-order chi connectivity index (χ0) is 5.82. The standard InChI is InChI=1S/C5H9NS2/c1-7-5-6-3-2-4-8-5/h2,4-6H,3H2,1H3. The summed E-state index contributed by atoms with van der Waals surface area (Å²) in [7, 11) is 0. The zero-order valence-corrected chi connectivity index (χ0v) is 6.39. The highest BCUT2D eigenvalue weighted by Gasteiger charge is 2.04. The normalized spacial score (nSPS) is 28.4. The summed E-state index contributed by atoms with van der Waals surface area (Å²) in [5.41, 5.74) is 0.